The van der Waals surface area contributed by atoms with Gasteiger partial charge in [-0.15, -0.1) is 0 Å². The molecule has 3 aromatic rings. The maximum absolute atomic E-state index is 12.3. The Hall–Kier alpha value is -4.05. The van der Waals surface area contributed by atoms with Gasteiger partial charge in [-0.25, -0.2) is 14.8 Å². The van der Waals surface area contributed by atoms with Crippen LogP contribution < -0.4 is 10.1 Å². The van der Waals surface area contributed by atoms with Gasteiger partial charge in [-0.2, -0.15) is 5.10 Å². The van der Waals surface area contributed by atoms with E-state index in [1.165, 1.54) is 0 Å². The number of hydrogen-bond acceptors (Lipinski definition) is 8. The number of rotatable bonds is 9. The number of nitrogens with one attached hydrogen (secondary N) is 1. The number of anilines is 1. The predicted molar refractivity (Wildman–Crippen MR) is 140 cm³/mol. The molecule has 0 bridgehead atoms. The Morgan fingerprint density at radius 2 is 2.08 bits per heavy atom. The fourth-order valence-electron chi connectivity index (χ4n) is 4.10. The van der Waals surface area contributed by atoms with Crippen LogP contribution in [0.1, 0.15) is 57.6 Å². The first-order chi connectivity index (χ1) is 17.7. The van der Waals surface area contributed by atoms with E-state index in [0.717, 1.165) is 36.3 Å². The number of benzene rings is 1. The van der Waals surface area contributed by atoms with E-state index < -0.39 is 5.60 Å². The van der Waals surface area contributed by atoms with E-state index >= 15 is 0 Å². The molecule has 0 aliphatic carbocycles. The molecule has 12 heteroatoms. The Balaban J connectivity index is 1.50. The highest BCUT2D eigenvalue weighted by atomic mass is 16.6. The highest BCUT2D eigenvalue weighted by Crippen LogP contribution is 2.32. The number of ether oxygens (including phenoxy) is 2. The minimum Gasteiger partial charge on any atom is -0.496 e. The average molecular weight is 508 g/mol. The van der Waals surface area contributed by atoms with Gasteiger partial charge in [0, 0.05) is 36.0 Å². The summed E-state index contributed by atoms with van der Waals surface area (Å²) < 4.78 is 12.9. The maximum atomic E-state index is 12.3. The third kappa shape index (κ3) is 6.21. The van der Waals surface area contributed by atoms with Crippen LogP contribution in [0.15, 0.2) is 29.5 Å². The monoisotopic (exact) mass is 507 g/mol. The lowest BCUT2D eigenvalue weighted by Gasteiger charge is -2.40. The Morgan fingerprint density at radius 1 is 1.30 bits per heavy atom. The molecule has 0 radical (unpaired) electrons. The van der Waals surface area contributed by atoms with E-state index in [4.69, 9.17) is 15.0 Å². The molecule has 1 fully saturated rings. The second kappa shape index (κ2) is 10.9. The third-order valence-corrected chi connectivity index (χ3v) is 6.00. The van der Waals surface area contributed by atoms with Gasteiger partial charge in [0.25, 0.3) is 0 Å². The van der Waals surface area contributed by atoms with E-state index in [0.29, 0.717) is 36.5 Å². The highest BCUT2D eigenvalue weighted by molar-refractivity contribution is 5.85. The first-order valence-corrected chi connectivity index (χ1v) is 12.4. The molecule has 0 spiro atoms. The lowest BCUT2D eigenvalue weighted by molar-refractivity contribution is 0.00818. The predicted octanol–water partition coefficient (Wildman–Crippen LogP) is 5.37. The first kappa shape index (κ1) is 26.0. The van der Waals surface area contributed by atoms with Crippen LogP contribution in [-0.2, 0) is 11.3 Å². The zero-order valence-electron chi connectivity index (χ0n) is 21.9. The van der Waals surface area contributed by atoms with Gasteiger partial charge in [0.2, 0.25) is 5.95 Å². The van der Waals surface area contributed by atoms with Crippen LogP contribution in [0.25, 0.3) is 21.5 Å². The lowest BCUT2D eigenvalue weighted by Crippen LogP contribution is -2.50. The molecule has 12 nitrogen and oxygen atoms in total. The molecule has 4 rings (SSSR count). The molecule has 3 heterocycles. The summed E-state index contributed by atoms with van der Waals surface area (Å²) in [5.74, 6) is 1.57. The summed E-state index contributed by atoms with van der Waals surface area (Å²) in [5, 5.41) is 11.5. The number of unbranched alkanes of at least 4 members (excludes halogenated alkanes) is 1. The normalized spacial score (nSPS) is 13.7. The second-order valence-corrected chi connectivity index (χ2v) is 10.1. The van der Waals surface area contributed by atoms with Gasteiger partial charge in [-0.1, -0.05) is 25.5 Å². The van der Waals surface area contributed by atoms with Crippen molar-refractivity contribution in [2.45, 2.75) is 58.6 Å². The van der Waals surface area contributed by atoms with Crippen molar-refractivity contribution in [3.63, 3.8) is 0 Å². The number of nitrogens with zero attached hydrogens (tertiary/aromatic N) is 8. The molecule has 0 atom stereocenters. The van der Waals surface area contributed by atoms with Gasteiger partial charge in [0.15, 0.2) is 11.3 Å². The van der Waals surface area contributed by atoms with E-state index in [-0.39, 0.29) is 18.0 Å². The van der Waals surface area contributed by atoms with Crippen LogP contribution in [0.3, 0.4) is 0 Å². The summed E-state index contributed by atoms with van der Waals surface area (Å²) in [4.78, 5) is 25.4. The number of amides is 1. The molecular formula is C25H33N9O3. The quantitative estimate of drug-likeness (QED) is 0.177. The maximum Gasteiger partial charge on any atom is 0.410 e. The Morgan fingerprint density at radius 3 is 2.76 bits per heavy atom. The molecule has 37 heavy (non-hydrogen) atoms. The summed E-state index contributed by atoms with van der Waals surface area (Å²) >= 11 is 0. The van der Waals surface area contributed by atoms with Crippen LogP contribution >= 0.6 is 0 Å². The molecule has 1 saturated heterocycles. The molecule has 1 N–H and O–H groups in total. The SMILES string of the molecule is CCCCNc1nc(N=[N+]=[N-])nc2cn(Cc3ccc(C4CN(C(=O)OC(C)(C)C)C4)cc3OC)nc12. The first-order valence-electron chi connectivity index (χ1n) is 12.4. The number of fused-ring (bicyclic) bond motifs is 1. The zero-order valence-corrected chi connectivity index (χ0v) is 21.9. The molecule has 1 aromatic carbocycles. The topological polar surface area (TPSA) is 143 Å². The van der Waals surface area contributed by atoms with Gasteiger partial charge < -0.3 is 19.7 Å². The van der Waals surface area contributed by atoms with Gasteiger partial charge >= 0.3 is 6.09 Å². The molecule has 1 aliphatic heterocycles. The van der Waals surface area contributed by atoms with Gasteiger partial charge in [0.05, 0.1) is 19.9 Å². The number of likely N-dealkylation sites (tertiary alicyclic amines) is 1. The van der Waals surface area contributed by atoms with Crippen molar-refractivity contribution < 1.29 is 14.3 Å². The van der Waals surface area contributed by atoms with E-state index in [1.807, 2.05) is 32.9 Å². The molecule has 0 unspecified atom stereocenters. The minimum atomic E-state index is -0.507. The van der Waals surface area contributed by atoms with Crippen molar-refractivity contribution >= 4 is 28.9 Å². The number of aromatic nitrogens is 4. The zero-order chi connectivity index (χ0) is 26.6. The summed E-state index contributed by atoms with van der Waals surface area (Å²) in [7, 11) is 1.64. The molecule has 1 amide bonds. The summed E-state index contributed by atoms with van der Waals surface area (Å²) in [6, 6.07) is 6.11. The molecule has 2 aromatic heterocycles. The van der Waals surface area contributed by atoms with Crippen molar-refractivity contribution in [3.8, 4) is 5.75 Å². The second-order valence-electron chi connectivity index (χ2n) is 10.1. The highest BCUT2D eigenvalue weighted by Gasteiger charge is 2.34. The van der Waals surface area contributed by atoms with E-state index in [2.05, 4.69) is 43.4 Å². The minimum absolute atomic E-state index is 0.0522. The lowest BCUT2D eigenvalue weighted by atomic mass is 9.91. The van der Waals surface area contributed by atoms with E-state index in [1.54, 1.807) is 22.9 Å². The van der Waals surface area contributed by atoms with Crippen LogP contribution in [0.2, 0.25) is 0 Å². The fraction of sp³-hybridized carbons (Fsp3) is 0.520. The Kier molecular flexibility index (Phi) is 7.68. The Bertz CT molecular complexity index is 1320. The number of carbonyl (C=O) groups excluding carboxylic acids is 1. The number of carbonyl (C=O) groups is 1. The van der Waals surface area contributed by atoms with Crippen molar-refractivity contribution in [2.24, 2.45) is 5.11 Å². The Labute approximate surface area is 215 Å². The van der Waals surface area contributed by atoms with Crippen molar-refractivity contribution in [1.29, 1.82) is 0 Å². The third-order valence-electron chi connectivity index (χ3n) is 6.00. The summed E-state index contributed by atoms with van der Waals surface area (Å²) in [6.45, 7) is 10.1. The van der Waals surface area contributed by atoms with Gasteiger partial charge in [0.1, 0.15) is 16.9 Å². The fourth-order valence-corrected chi connectivity index (χ4v) is 4.10. The van der Waals surface area contributed by atoms with Crippen LogP contribution in [0, 0.1) is 0 Å². The summed E-state index contributed by atoms with van der Waals surface area (Å²) in [5.41, 5.74) is 11.6. The van der Waals surface area contributed by atoms with E-state index in [9.17, 15) is 4.79 Å². The molecular weight excluding hydrogens is 474 g/mol. The molecule has 0 saturated carbocycles. The van der Waals surface area contributed by atoms with Gasteiger partial charge in [-0.05, 0) is 49.5 Å². The molecule has 196 valence electrons. The van der Waals surface area contributed by atoms with Crippen LogP contribution in [0.4, 0.5) is 16.6 Å². The summed E-state index contributed by atoms with van der Waals surface area (Å²) in [6.07, 6.45) is 3.53. The van der Waals surface area contributed by atoms with Crippen molar-refractivity contribution in [2.75, 3.05) is 32.1 Å². The molecule has 1 aliphatic rings. The smallest absolute Gasteiger partial charge is 0.410 e. The van der Waals surface area contributed by atoms with Crippen molar-refractivity contribution in [1.82, 2.24) is 24.6 Å². The largest absolute Gasteiger partial charge is 0.496 e. The number of azide groups is 1. The van der Waals surface area contributed by atoms with Gasteiger partial charge in [-0.3, -0.25) is 4.68 Å². The van der Waals surface area contributed by atoms with Crippen LogP contribution in [-0.4, -0.2) is 63.1 Å². The van der Waals surface area contributed by atoms with Crippen LogP contribution in [0.5, 0.6) is 5.75 Å². The standard InChI is InChI=1S/C25H33N9O3/c1-6-7-10-27-22-21-19(28-23(29-22)30-32-26)15-34(31-21)14-17-9-8-16(11-20(17)36-5)18-12-33(13-18)24(35)37-25(2,3)4/h8-9,11,15,18H,6-7,10,12-14H2,1-5H3,(H,27,28,29). The van der Waals surface area contributed by atoms with Crippen molar-refractivity contribution in [3.05, 3.63) is 46.0 Å². The number of hydrogen-bond donors (Lipinski definition) is 1. The number of methoxy groups -OCH3 is 1. The average Bonchev–Trinajstić information content (AvgIpc) is 3.20.